The second-order valence-electron chi connectivity index (χ2n) is 3.51. The van der Waals surface area contributed by atoms with Gasteiger partial charge in [-0.3, -0.25) is 9.59 Å². The SMILES string of the molecule is O=C1CSC(CC(=O)c2ccc(Br)cc2)N=N1. The van der Waals surface area contributed by atoms with Gasteiger partial charge in [-0.1, -0.05) is 28.1 Å². The van der Waals surface area contributed by atoms with Crippen LogP contribution in [0.5, 0.6) is 0 Å². The van der Waals surface area contributed by atoms with Crippen LogP contribution in [0, 0.1) is 0 Å². The summed E-state index contributed by atoms with van der Waals surface area (Å²) in [6, 6.07) is 7.18. The van der Waals surface area contributed by atoms with Crippen LogP contribution in [0.2, 0.25) is 0 Å². The number of benzene rings is 1. The average molecular weight is 313 g/mol. The molecule has 1 aliphatic rings. The van der Waals surface area contributed by atoms with Crippen molar-refractivity contribution in [2.75, 3.05) is 5.75 Å². The molecule has 2 rings (SSSR count). The fourth-order valence-electron chi connectivity index (χ4n) is 1.37. The van der Waals surface area contributed by atoms with Crippen molar-refractivity contribution in [1.82, 2.24) is 0 Å². The fourth-order valence-corrected chi connectivity index (χ4v) is 2.41. The quantitative estimate of drug-likeness (QED) is 0.806. The molecular formula is C11H9BrN2O2S. The van der Waals surface area contributed by atoms with Gasteiger partial charge in [0, 0.05) is 16.5 Å². The first-order valence-electron chi connectivity index (χ1n) is 4.99. The number of thioether (sulfide) groups is 1. The number of amides is 1. The van der Waals surface area contributed by atoms with Crippen LogP contribution in [0.1, 0.15) is 16.8 Å². The van der Waals surface area contributed by atoms with E-state index in [9.17, 15) is 9.59 Å². The Morgan fingerprint density at radius 1 is 1.41 bits per heavy atom. The Morgan fingerprint density at radius 3 is 2.71 bits per heavy atom. The largest absolute Gasteiger partial charge is 0.294 e. The van der Waals surface area contributed by atoms with Gasteiger partial charge >= 0.3 is 0 Å². The Morgan fingerprint density at radius 2 is 2.12 bits per heavy atom. The second-order valence-corrected chi connectivity index (χ2v) is 5.59. The van der Waals surface area contributed by atoms with Gasteiger partial charge in [-0.25, -0.2) is 0 Å². The first-order valence-corrected chi connectivity index (χ1v) is 6.83. The van der Waals surface area contributed by atoms with Crippen LogP contribution in [0.3, 0.4) is 0 Å². The highest BCUT2D eigenvalue weighted by molar-refractivity contribution is 9.10. The van der Waals surface area contributed by atoms with Crippen LogP contribution in [-0.2, 0) is 4.79 Å². The third-order valence-electron chi connectivity index (χ3n) is 2.22. The standard InChI is InChI=1S/C11H9BrN2O2S/c12-8-3-1-7(2-4-8)9(15)5-11-14-13-10(16)6-17-11/h1-4,11H,5-6H2. The summed E-state index contributed by atoms with van der Waals surface area (Å²) in [5, 5.41) is 7.05. The molecule has 0 radical (unpaired) electrons. The third-order valence-corrected chi connectivity index (χ3v) is 3.81. The smallest absolute Gasteiger partial charge is 0.274 e. The normalized spacial score (nSPS) is 19.4. The molecule has 1 amide bonds. The van der Waals surface area contributed by atoms with E-state index in [0.29, 0.717) is 11.3 Å². The van der Waals surface area contributed by atoms with Crippen LogP contribution >= 0.6 is 27.7 Å². The van der Waals surface area contributed by atoms with Gasteiger partial charge in [0.05, 0.1) is 5.75 Å². The van der Waals surface area contributed by atoms with Crippen LogP contribution < -0.4 is 0 Å². The molecule has 88 valence electrons. The lowest BCUT2D eigenvalue weighted by atomic mass is 10.1. The number of hydrogen-bond donors (Lipinski definition) is 0. The Bertz CT molecular complexity index is 473. The number of carbonyl (C=O) groups is 2. The number of hydrogen-bond acceptors (Lipinski definition) is 4. The minimum atomic E-state index is -0.234. The molecule has 0 aliphatic carbocycles. The topological polar surface area (TPSA) is 58.9 Å². The zero-order chi connectivity index (χ0) is 12.3. The van der Waals surface area contributed by atoms with E-state index in [2.05, 4.69) is 26.2 Å². The average Bonchev–Trinajstić information content (AvgIpc) is 2.33. The lowest BCUT2D eigenvalue weighted by Gasteiger charge is -2.12. The summed E-state index contributed by atoms with van der Waals surface area (Å²) in [5.74, 6) is 0.0903. The highest BCUT2D eigenvalue weighted by Crippen LogP contribution is 2.23. The molecule has 0 fully saturated rings. The van der Waals surface area contributed by atoms with Crippen molar-refractivity contribution in [3.05, 3.63) is 34.3 Å². The number of ketones is 1. The zero-order valence-corrected chi connectivity index (χ0v) is 11.2. The Labute approximate surface area is 111 Å². The molecular weight excluding hydrogens is 304 g/mol. The Balaban J connectivity index is 2.00. The predicted molar refractivity (Wildman–Crippen MR) is 69.2 cm³/mol. The number of rotatable bonds is 3. The van der Waals surface area contributed by atoms with Gasteiger partial charge < -0.3 is 0 Å². The van der Waals surface area contributed by atoms with Crippen molar-refractivity contribution >= 4 is 39.4 Å². The van der Waals surface area contributed by atoms with E-state index in [1.807, 2.05) is 12.1 Å². The maximum absolute atomic E-state index is 11.9. The predicted octanol–water partition coefficient (Wildman–Crippen LogP) is 3.07. The van der Waals surface area contributed by atoms with Crippen LogP contribution in [0.15, 0.2) is 39.0 Å². The molecule has 17 heavy (non-hydrogen) atoms. The molecule has 1 aliphatic heterocycles. The first-order chi connectivity index (χ1) is 8.15. The maximum Gasteiger partial charge on any atom is 0.274 e. The van der Waals surface area contributed by atoms with Gasteiger partial charge in [0.2, 0.25) is 0 Å². The summed E-state index contributed by atoms with van der Waals surface area (Å²) in [5.41, 5.74) is 0.654. The highest BCUT2D eigenvalue weighted by Gasteiger charge is 2.20. The minimum absolute atomic E-state index is 0.0169. The van der Waals surface area contributed by atoms with E-state index in [4.69, 9.17) is 0 Å². The van der Waals surface area contributed by atoms with Crippen molar-refractivity contribution < 1.29 is 9.59 Å². The summed E-state index contributed by atoms with van der Waals surface area (Å²) < 4.78 is 0.936. The van der Waals surface area contributed by atoms with Gasteiger partial charge in [-0.2, -0.15) is 5.11 Å². The third kappa shape index (κ3) is 3.47. The number of Topliss-reactive ketones (excluding diaryl/α,β-unsaturated/α-hetero) is 1. The molecule has 1 aromatic rings. The molecule has 4 nitrogen and oxygen atoms in total. The van der Waals surface area contributed by atoms with Gasteiger partial charge in [-0.15, -0.1) is 16.9 Å². The molecule has 1 unspecified atom stereocenters. The van der Waals surface area contributed by atoms with Gasteiger partial charge in [0.25, 0.3) is 5.91 Å². The molecule has 0 aromatic heterocycles. The number of halogens is 1. The minimum Gasteiger partial charge on any atom is -0.294 e. The lowest BCUT2D eigenvalue weighted by Crippen LogP contribution is -2.15. The molecule has 0 saturated heterocycles. The molecule has 1 aromatic carbocycles. The molecule has 0 N–H and O–H groups in total. The molecule has 1 atom stereocenters. The molecule has 0 spiro atoms. The second kappa shape index (κ2) is 5.55. The molecule has 0 saturated carbocycles. The van der Waals surface area contributed by atoms with Crippen molar-refractivity contribution in [2.45, 2.75) is 11.8 Å². The van der Waals surface area contributed by atoms with Crippen molar-refractivity contribution in [1.29, 1.82) is 0 Å². The molecule has 1 heterocycles. The van der Waals surface area contributed by atoms with Crippen molar-refractivity contribution in [2.24, 2.45) is 10.2 Å². The number of carbonyl (C=O) groups excluding carboxylic acids is 2. The first kappa shape index (κ1) is 12.4. The highest BCUT2D eigenvalue weighted by atomic mass is 79.9. The van der Waals surface area contributed by atoms with E-state index >= 15 is 0 Å². The van der Waals surface area contributed by atoms with E-state index in [-0.39, 0.29) is 23.5 Å². The van der Waals surface area contributed by atoms with Crippen LogP contribution in [0.4, 0.5) is 0 Å². The lowest BCUT2D eigenvalue weighted by molar-refractivity contribution is -0.116. The van der Waals surface area contributed by atoms with Crippen LogP contribution in [0.25, 0.3) is 0 Å². The molecule has 0 bridgehead atoms. The monoisotopic (exact) mass is 312 g/mol. The Kier molecular flexibility index (Phi) is 4.06. The van der Waals surface area contributed by atoms with Gasteiger partial charge in [0.15, 0.2) is 5.78 Å². The summed E-state index contributed by atoms with van der Waals surface area (Å²) >= 11 is 4.67. The van der Waals surface area contributed by atoms with Crippen molar-refractivity contribution in [3.63, 3.8) is 0 Å². The number of nitrogens with zero attached hydrogens (tertiary/aromatic N) is 2. The summed E-state index contributed by atoms with van der Waals surface area (Å²) in [6.45, 7) is 0. The van der Waals surface area contributed by atoms with E-state index in [0.717, 1.165) is 4.47 Å². The summed E-state index contributed by atoms with van der Waals surface area (Å²) in [4.78, 5) is 22.7. The van der Waals surface area contributed by atoms with Crippen molar-refractivity contribution in [3.8, 4) is 0 Å². The molecule has 6 heteroatoms. The van der Waals surface area contributed by atoms with Gasteiger partial charge in [0.1, 0.15) is 5.37 Å². The fraction of sp³-hybridized carbons (Fsp3) is 0.273. The van der Waals surface area contributed by atoms with E-state index < -0.39 is 0 Å². The zero-order valence-electron chi connectivity index (χ0n) is 8.80. The van der Waals surface area contributed by atoms with Crippen LogP contribution in [-0.4, -0.2) is 22.8 Å². The van der Waals surface area contributed by atoms with E-state index in [1.54, 1.807) is 12.1 Å². The summed E-state index contributed by atoms with van der Waals surface area (Å²) in [7, 11) is 0. The maximum atomic E-state index is 11.9. The summed E-state index contributed by atoms with van der Waals surface area (Å²) in [6.07, 6.45) is 0.281. The van der Waals surface area contributed by atoms with Gasteiger partial charge in [-0.05, 0) is 12.1 Å². The Hall–Kier alpha value is -1.01. The van der Waals surface area contributed by atoms with E-state index in [1.165, 1.54) is 11.8 Å². The number of azo groups is 1.